The average molecular weight is 441 g/mol. The summed E-state index contributed by atoms with van der Waals surface area (Å²) in [7, 11) is 1.72. The number of hydrogen-bond donors (Lipinski definition) is 1. The van der Waals surface area contributed by atoms with Gasteiger partial charge in [-0.3, -0.25) is 14.6 Å². The molecular formula is C22H21ClN4O2S. The Morgan fingerprint density at radius 1 is 1.30 bits per heavy atom. The second kappa shape index (κ2) is 8.16. The normalized spacial score (nSPS) is 15.1. The molecule has 1 aromatic carbocycles. The van der Waals surface area contributed by atoms with Crippen LogP contribution >= 0.6 is 22.9 Å². The fraction of sp³-hybridized carbons (Fsp3) is 0.273. The van der Waals surface area contributed by atoms with E-state index in [2.05, 4.69) is 5.32 Å². The lowest BCUT2D eigenvalue weighted by Crippen LogP contribution is -2.25. The van der Waals surface area contributed by atoms with Crippen LogP contribution in [0.3, 0.4) is 0 Å². The summed E-state index contributed by atoms with van der Waals surface area (Å²) in [5, 5.41) is 4.37. The molecule has 1 unspecified atom stereocenters. The Bertz CT molecular complexity index is 1210. The van der Waals surface area contributed by atoms with E-state index < -0.39 is 6.04 Å². The molecular weight excluding hydrogens is 420 g/mol. The maximum Gasteiger partial charge on any atom is 0.250 e. The van der Waals surface area contributed by atoms with Gasteiger partial charge in [-0.15, -0.1) is 11.3 Å². The molecule has 1 atom stereocenters. The van der Waals surface area contributed by atoms with Gasteiger partial charge in [0, 0.05) is 42.0 Å². The van der Waals surface area contributed by atoms with Crippen molar-refractivity contribution in [3.63, 3.8) is 0 Å². The predicted molar refractivity (Wildman–Crippen MR) is 121 cm³/mol. The van der Waals surface area contributed by atoms with E-state index in [4.69, 9.17) is 21.6 Å². The van der Waals surface area contributed by atoms with Crippen LogP contribution < -0.4 is 10.9 Å². The number of nitrogens with zero attached hydrogens (tertiary/aromatic N) is 3. The Kier molecular flexibility index (Phi) is 5.58. The number of amides is 1. The number of aliphatic imine (C=N–C) groups is 1. The molecule has 0 aliphatic carbocycles. The second-order valence-electron chi connectivity index (χ2n) is 7.16. The number of rotatable bonds is 4. The lowest BCUT2D eigenvalue weighted by Gasteiger charge is -2.16. The topological polar surface area (TPSA) is 76.3 Å². The number of pyridine rings is 1. The minimum Gasteiger partial charge on any atom is -0.356 e. The number of fused-ring (bicyclic) bond motifs is 3. The maximum atomic E-state index is 12.5. The zero-order valence-corrected chi connectivity index (χ0v) is 18.5. The third-order valence-corrected chi connectivity index (χ3v) is 6.23. The Hall–Kier alpha value is -2.77. The molecule has 0 fully saturated rings. The summed E-state index contributed by atoms with van der Waals surface area (Å²) >= 11 is 7.64. The molecule has 1 N–H and O–H groups in total. The lowest BCUT2D eigenvalue weighted by atomic mass is 9.99. The Balaban J connectivity index is 1.98. The maximum absolute atomic E-state index is 12.5. The van der Waals surface area contributed by atoms with Crippen LogP contribution in [0.25, 0.3) is 10.4 Å². The fourth-order valence-corrected chi connectivity index (χ4v) is 4.66. The third-order valence-electron chi connectivity index (χ3n) is 4.98. The van der Waals surface area contributed by atoms with Crippen LogP contribution in [0.15, 0.2) is 46.3 Å². The summed E-state index contributed by atoms with van der Waals surface area (Å²) < 4.78 is 1.55. The van der Waals surface area contributed by atoms with Crippen molar-refractivity contribution in [2.24, 2.45) is 12.0 Å². The van der Waals surface area contributed by atoms with E-state index in [0.29, 0.717) is 17.3 Å². The van der Waals surface area contributed by atoms with Gasteiger partial charge < -0.3 is 9.88 Å². The highest BCUT2D eigenvalue weighted by Gasteiger charge is 2.29. The van der Waals surface area contributed by atoms with Gasteiger partial charge in [0.05, 0.1) is 28.1 Å². The van der Waals surface area contributed by atoms with Crippen LogP contribution in [0.1, 0.15) is 41.2 Å². The van der Waals surface area contributed by atoms with Gasteiger partial charge in [-0.1, -0.05) is 23.7 Å². The quantitative estimate of drug-likeness (QED) is 0.668. The summed E-state index contributed by atoms with van der Waals surface area (Å²) in [4.78, 5) is 35.6. The molecule has 0 saturated heterocycles. The summed E-state index contributed by atoms with van der Waals surface area (Å²) in [5.74, 6) is -0.109. The zero-order valence-electron chi connectivity index (χ0n) is 16.9. The minimum atomic E-state index is -0.493. The summed E-state index contributed by atoms with van der Waals surface area (Å²) in [6.45, 7) is 4.37. The first kappa shape index (κ1) is 20.5. The van der Waals surface area contributed by atoms with Crippen molar-refractivity contribution in [2.45, 2.75) is 26.3 Å². The van der Waals surface area contributed by atoms with Crippen molar-refractivity contribution < 1.29 is 4.79 Å². The highest BCUT2D eigenvalue weighted by Crippen LogP contribution is 2.41. The molecule has 3 aromatic rings. The molecule has 1 amide bonds. The van der Waals surface area contributed by atoms with Crippen LogP contribution in [-0.2, 0) is 11.8 Å². The van der Waals surface area contributed by atoms with Crippen LogP contribution in [0, 0.1) is 6.92 Å². The predicted octanol–water partition coefficient (Wildman–Crippen LogP) is 3.89. The number of carbonyl (C=O) groups is 1. The van der Waals surface area contributed by atoms with E-state index in [0.717, 1.165) is 32.3 Å². The number of aryl methyl sites for hydroxylation is 2. The summed E-state index contributed by atoms with van der Waals surface area (Å²) in [5.41, 5.74) is 3.83. The minimum absolute atomic E-state index is 0.109. The highest BCUT2D eigenvalue weighted by molar-refractivity contribution is 7.15. The Morgan fingerprint density at radius 2 is 2.03 bits per heavy atom. The van der Waals surface area contributed by atoms with E-state index in [9.17, 15) is 9.59 Å². The first-order valence-corrected chi connectivity index (χ1v) is 10.9. The number of aromatic nitrogens is 2. The monoisotopic (exact) mass is 440 g/mol. The molecule has 3 heterocycles. The van der Waals surface area contributed by atoms with Crippen LogP contribution in [0.4, 0.5) is 0 Å². The number of hydrogen-bond acceptors (Lipinski definition) is 5. The zero-order chi connectivity index (χ0) is 21.4. The number of halogens is 1. The number of carbonyl (C=O) groups excluding carboxylic acids is 1. The molecule has 1 aliphatic heterocycles. The van der Waals surface area contributed by atoms with Gasteiger partial charge in [-0.25, -0.2) is 4.98 Å². The first-order valence-electron chi connectivity index (χ1n) is 9.66. The molecule has 0 radical (unpaired) electrons. The number of benzene rings is 1. The number of thiazole rings is 1. The SMILES string of the molecule is CCNC(=O)CC1N=C(c2ccc(Cl)cc2)c2nc(C)sc2-c2cn(C)c(=O)cc21. The molecule has 30 heavy (non-hydrogen) atoms. The smallest absolute Gasteiger partial charge is 0.250 e. The second-order valence-corrected chi connectivity index (χ2v) is 8.80. The van der Waals surface area contributed by atoms with Crippen molar-refractivity contribution in [3.05, 3.63) is 73.7 Å². The van der Waals surface area contributed by atoms with E-state index in [1.165, 1.54) is 0 Å². The van der Waals surface area contributed by atoms with Gasteiger partial charge in [0.15, 0.2) is 0 Å². The van der Waals surface area contributed by atoms with Crippen molar-refractivity contribution in [1.82, 2.24) is 14.9 Å². The fourth-order valence-electron chi connectivity index (χ4n) is 3.59. The van der Waals surface area contributed by atoms with Crippen LogP contribution in [0.2, 0.25) is 5.02 Å². The molecule has 8 heteroatoms. The molecule has 154 valence electrons. The molecule has 2 aromatic heterocycles. The van der Waals surface area contributed by atoms with Crippen molar-refractivity contribution in [3.8, 4) is 10.4 Å². The van der Waals surface area contributed by atoms with Gasteiger partial charge >= 0.3 is 0 Å². The van der Waals surface area contributed by atoms with Crippen LogP contribution in [0.5, 0.6) is 0 Å². The van der Waals surface area contributed by atoms with Crippen LogP contribution in [-0.4, -0.2) is 27.7 Å². The third kappa shape index (κ3) is 3.82. The Labute approximate surface area is 183 Å². The molecule has 0 spiro atoms. The summed E-state index contributed by atoms with van der Waals surface area (Å²) in [6.07, 6.45) is 1.97. The van der Waals surface area contributed by atoms with E-state index in [-0.39, 0.29) is 17.9 Å². The van der Waals surface area contributed by atoms with Crippen molar-refractivity contribution in [1.29, 1.82) is 0 Å². The van der Waals surface area contributed by atoms with E-state index in [1.54, 1.807) is 29.0 Å². The van der Waals surface area contributed by atoms with Crippen molar-refractivity contribution in [2.75, 3.05) is 6.54 Å². The van der Waals surface area contributed by atoms with Gasteiger partial charge in [-0.05, 0) is 31.5 Å². The number of nitrogens with one attached hydrogen (secondary N) is 1. The standard InChI is InChI=1S/C22H21ClN4O2S/c1-4-24-18(28)10-17-15-9-19(29)27(3)11-16(15)22-21(25-12(2)30-22)20(26-17)13-5-7-14(23)8-6-13/h5-9,11,17H,4,10H2,1-3H3,(H,24,28). The lowest BCUT2D eigenvalue weighted by molar-refractivity contribution is -0.121. The van der Waals surface area contributed by atoms with Gasteiger partial charge in [0.2, 0.25) is 5.91 Å². The van der Waals surface area contributed by atoms with Gasteiger partial charge in [0.1, 0.15) is 5.69 Å². The molecule has 6 nitrogen and oxygen atoms in total. The molecule has 4 rings (SSSR count). The van der Waals surface area contributed by atoms with E-state index >= 15 is 0 Å². The summed E-state index contributed by atoms with van der Waals surface area (Å²) in [6, 6.07) is 8.52. The first-order chi connectivity index (χ1) is 14.4. The van der Waals surface area contributed by atoms with Crippen molar-refractivity contribution >= 4 is 34.6 Å². The molecule has 0 saturated carbocycles. The Morgan fingerprint density at radius 3 is 2.73 bits per heavy atom. The highest BCUT2D eigenvalue weighted by atomic mass is 35.5. The van der Waals surface area contributed by atoms with Gasteiger partial charge in [-0.2, -0.15) is 0 Å². The van der Waals surface area contributed by atoms with E-state index in [1.807, 2.05) is 44.3 Å². The molecule has 0 bridgehead atoms. The average Bonchev–Trinajstić information content (AvgIpc) is 3.04. The van der Waals surface area contributed by atoms with Gasteiger partial charge in [0.25, 0.3) is 5.56 Å². The largest absolute Gasteiger partial charge is 0.356 e. The molecule has 1 aliphatic rings.